The summed E-state index contributed by atoms with van der Waals surface area (Å²) in [6.07, 6.45) is -1.04. The summed E-state index contributed by atoms with van der Waals surface area (Å²) in [7, 11) is 0. The molecule has 3 aromatic carbocycles. The Kier molecular flexibility index (Phi) is 10.6. The largest absolute Gasteiger partial charge is 0.573 e. The monoisotopic (exact) mass is 623 g/mol. The normalized spacial score (nSPS) is 15.0. The molecule has 11 heteroatoms. The average Bonchev–Trinajstić information content (AvgIpc) is 3.03. The van der Waals surface area contributed by atoms with E-state index in [0.29, 0.717) is 11.5 Å². The van der Waals surface area contributed by atoms with Gasteiger partial charge in [0.1, 0.15) is 5.75 Å². The maximum absolute atomic E-state index is 13.9. The number of carbonyl (C=O) groups excluding carboxylic acids is 3. The van der Waals surface area contributed by atoms with Crippen molar-refractivity contribution in [2.24, 2.45) is 0 Å². The lowest BCUT2D eigenvalue weighted by Crippen LogP contribution is -2.36. The summed E-state index contributed by atoms with van der Waals surface area (Å²) in [5.41, 5.74) is 2.10. The number of aliphatic hydroxyl groups is 1. The number of hydrogen-bond acceptors (Lipinski definition) is 6. The SMILES string of the molecule is C/C(C(=O)c1ccc(OC(F)(F)F)cc1)=C(/C(=O)c1ccc(C(=O)NC[C@@H](O)C(=O)O)cc1)c1ccc(C2CCCCC2)cc1. The second kappa shape index (κ2) is 14.3. The maximum Gasteiger partial charge on any atom is 0.573 e. The van der Waals surface area contributed by atoms with Crippen molar-refractivity contribution in [1.29, 1.82) is 0 Å². The van der Waals surface area contributed by atoms with E-state index >= 15 is 0 Å². The van der Waals surface area contributed by atoms with Crippen LogP contribution in [0.25, 0.3) is 5.57 Å². The van der Waals surface area contributed by atoms with Crippen LogP contribution in [0.1, 0.15) is 87.1 Å². The van der Waals surface area contributed by atoms with Crippen LogP contribution in [-0.2, 0) is 4.79 Å². The Balaban J connectivity index is 1.66. The molecule has 4 rings (SSSR count). The van der Waals surface area contributed by atoms with E-state index in [1.54, 1.807) is 12.1 Å². The highest BCUT2D eigenvalue weighted by atomic mass is 19.4. The van der Waals surface area contributed by atoms with Crippen LogP contribution >= 0.6 is 0 Å². The van der Waals surface area contributed by atoms with Crippen LogP contribution in [0.4, 0.5) is 13.2 Å². The molecule has 8 nitrogen and oxygen atoms in total. The number of Topliss-reactive ketones (excluding diaryl/α,β-unsaturated/α-hetero) is 2. The number of amides is 1. The highest BCUT2D eigenvalue weighted by Crippen LogP contribution is 2.34. The van der Waals surface area contributed by atoms with Crippen LogP contribution in [0.2, 0.25) is 0 Å². The van der Waals surface area contributed by atoms with Crippen molar-refractivity contribution < 1.29 is 47.3 Å². The van der Waals surface area contributed by atoms with Gasteiger partial charge in [0, 0.05) is 27.8 Å². The zero-order valence-electron chi connectivity index (χ0n) is 24.4. The molecule has 1 fully saturated rings. The molecule has 0 saturated heterocycles. The molecular weight excluding hydrogens is 591 g/mol. The van der Waals surface area contributed by atoms with Crippen LogP contribution in [0.15, 0.2) is 78.4 Å². The number of aliphatic carboxylic acids is 1. The molecule has 0 aliphatic heterocycles. The molecule has 3 aromatic rings. The van der Waals surface area contributed by atoms with E-state index in [1.807, 2.05) is 12.1 Å². The summed E-state index contributed by atoms with van der Waals surface area (Å²) in [6, 6.07) is 17.4. The van der Waals surface area contributed by atoms with Crippen molar-refractivity contribution in [3.63, 3.8) is 0 Å². The van der Waals surface area contributed by atoms with Gasteiger partial charge in [-0.3, -0.25) is 14.4 Å². The van der Waals surface area contributed by atoms with Gasteiger partial charge in [-0.15, -0.1) is 13.2 Å². The third kappa shape index (κ3) is 8.66. The van der Waals surface area contributed by atoms with Gasteiger partial charge in [0.15, 0.2) is 17.7 Å². The van der Waals surface area contributed by atoms with Crippen molar-refractivity contribution in [1.82, 2.24) is 5.32 Å². The van der Waals surface area contributed by atoms with E-state index in [2.05, 4.69) is 10.1 Å². The molecule has 0 heterocycles. The molecule has 0 aromatic heterocycles. The Bertz CT molecular complexity index is 1570. The third-order valence-electron chi connectivity index (χ3n) is 7.72. The molecule has 0 unspecified atom stereocenters. The zero-order chi connectivity index (χ0) is 32.7. The molecule has 236 valence electrons. The third-order valence-corrected chi connectivity index (χ3v) is 7.72. The summed E-state index contributed by atoms with van der Waals surface area (Å²) in [5.74, 6) is -3.31. The summed E-state index contributed by atoms with van der Waals surface area (Å²) < 4.78 is 41.7. The highest BCUT2D eigenvalue weighted by molar-refractivity contribution is 6.34. The van der Waals surface area contributed by atoms with E-state index in [1.165, 1.54) is 49.7 Å². The lowest BCUT2D eigenvalue weighted by atomic mass is 9.83. The quantitative estimate of drug-likeness (QED) is 0.168. The number of halogens is 3. The number of allylic oxidation sites excluding steroid dienone is 2. The number of hydrogen-bond donors (Lipinski definition) is 3. The first-order valence-electron chi connectivity index (χ1n) is 14.4. The Morgan fingerprint density at radius 1 is 0.800 bits per heavy atom. The molecule has 3 N–H and O–H groups in total. The molecule has 1 atom stereocenters. The fraction of sp³-hybridized carbons (Fsp3) is 0.294. The lowest BCUT2D eigenvalue weighted by molar-refractivity contribution is -0.274. The number of carbonyl (C=O) groups is 4. The minimum Gasteiger partial charge on any atom is -0.479 e. The molecular formula is C34H32F3NO7. The van der Waals surface area contributed by atoms with Gasteiger partial charge < -0.3 is 20.3 Å². The van der Waals surface area contributed by atoms with Crippen LogP contribution < -0.4 is 10.1 Å². The van der Waals surface area contributed by atoms with Crippen molar-refractivity contribution in [2.45, 2.75) is 57.4 Å². The first kappa shape index (κ1) is 33.1. The number of ether oxygens (including phenoxy) is 1. The topological polar surface area (TPSA) is 130 Å². The van der Waals surface area contributed by atoms with Crippen molar-refractivity contribution in [3.8, 4) is 5.75 Å². The van der Waals surface area contributed by atoms with E-state index in [0.717, 1.165) is 43.4 Å². The number of aliphatic hydroxyl groups excluding tert-OH is 1. The minimum absolute atomic E-state index is 0.0571. The Morgan fingerprint density at radius 2 is 1.31 bits per heavy atom. The van der Waals surface area contributed by atoms with Gasteiger partial charge in [-0.25, -0.2) is 4.79 Å². The Hall–Kier alpha value is -4.77. The molecule has 1 aliphatic rings. The van der Waals surface area contributed by atoms with Crippen LogP contribution in [-0.4, -0.2) is 52.7 Å². The predicted octanol–water partition coefficient (Wildman–Crippen LogP) is 6.35. The zero-order valence-corrected chi connectivity index (χ0v) is 24.4. The number of benzene rings is 3. The van der Waals surface area contributed by atoms with E-state index in [9.17, 15) is 37.5 Å². The molecule has 0 radical (unpaired) electrons. The fourth-order valence-corrected chi connectivity index (χ4v) is 5.31. The lowest BCUT2D eigenvalue weighted by Gasteiger charge is -2.22. The fourth-order valence-electron chi connectivity index (χ4n) is 5.31. The van der Waals surface area contributed by atoms with Gasteiger partial charge in [0.05, 0.1) is 6.54 Å². The molecule has 0 spiro atoms. The van der Waals surface area contributed by atoms with E-state index < -0.39 is 48.2 Å². The molecule has 1 aliphatic carbocycles. The molecule has 0 bridgehead atoms. The average molecular weight is 624 g/mol. The summed E-state index contributed by atoms with van der Waals surface area (Å²) in [5, 5.41) is 20.5. The molecule has 1 amide bonds. The van der Waals surface area contributed by atoms with Crippen LogP contribution in [0, 0.1) is 0 Å². The first-order chi connectivity index (χ1) is 21.3. The van der Waals surface area contributed by atoms with E-state index in [-0.39, 0.29) is 27.8 Å². The molecule has 1 saturated carbocycles. The van der Waals surface area contributed by atoms with Gasteiger partial charge >= 0.3 is 12.3 Å². The standard InChI is InChI=1S/C34H32F3NO7/c1-20(30(40)24-15-17-27(18-16-24)45-34(35,36)37)29(23-9-7-22(8-10-23)21-5-3-2-4-6-21)31(41)25-11-13-26(14-12-25)32(42)38-19-28(39)33(43)44/h7-18,21,28,39H,2-6,19H2,1H3,(H,38,42)(H,43,44)/b29-20-/t28-/m1/s1. The van der Waals surface area contributed by atoms with E-state index in [4.69, 9.17) is 5.11 Å². The second-order valence-corrected chi connectivity index (χ2v) is 10.8. The number of ketones is 2. The number of nitrogens with one attached hydrogen (secondary N) is 1. The number of alkyl halides is 3. The summed E-state index contributed by atoms with van der Waals surface area (Å²) in [6.45, 7) is 0.962. The Morgan fingerprint density at radius 3 is 1.87 bits per heavy atom. The van der Waals surface area contributed by atoms with Crippen molar-refractivity contribution in [3.05, 3.63) is 106 Å². The predicted molar refractivity (Wildman–Crippen MR) is 159 cm³/mol. The number of carboxylic acid groups (broad SMARTS) is 1. The minimum atomic E-state index is -4.89. The van der Waals surface area contributed by atoms with Gasteiger partial charge in [-0.05, 0) is 73.2 Å². The first-order valence-corrected chi connectivity index (χ1v) is 14.4. The highest BCUT2D eigenvalue weighted by Gasteiger charge is 2.31. The number of carboxylic acids is 1. The summed E-state index contributed by atoms with van der Waals surface area (Å²) >= 11 is 0. The van der Waals surface area contributed by atoms with Crippen LogP contribution in [0.5, 0.6) is 5.75 Å². The number of rotatable bonds is 11. The van der Waals surface area contributed by atoms with Crippen molar-refractivity contribution in [2.75, 3.05) is 6.54 Å². The molecule has 45 heavy (non-hydrogen) atoms. The smallest absolute Gasteiger partial charge is 0.479 e. The van der Waals surface area contributed by atoms with Gasteiger partial charge in [0.2, 0.25) is 0 Å². The second-order valence-electron chi connectivity index (χ2n) is 10.8. The summed E-state index contributed by atoms with van der Waals surface area (Å²) in [4.78, 5) is 50.7. The van der Waals surface area contributed by atoms with Gasteiger partial charge in [-0.2, -0.15) is 0 Å². The van der Waals surface area contributed by atoms with Crippen molar-refractivity contribution >= 4 is 29.0 Å². The van der Waals surface area contributed by atoms with Gasteiger partial charge in [0.25, 0.3) is 5.91 Å². The van der Waals surface area contributed by atoms with Gasteiger partial charge in [-0.1, -0.05) is 55.7 Å². The maximum atomic E-state index is 13.9. The van der Waals surface area contributed by atoms with Crippen LogP contribution in [0.3, 0.4) is 0 Å². The Labute approximate surface area is 257 Å².